The topological polar surface area (TPSA) is 109 Å². The fraction of sp³-hybridized carbons (Fsp3) is 0.786. The van der Waals surface area contributed by atoms with E-state index in [4.69, 9.17) is 14.2 Å². The number of hydrogen-bond donors (Lipinski definition) is 2. The van der Waals surface area contributed by atoms with Gasteiger partial charge in [-0.2, -0.15) is 0 Å². The van der Waals surface area contributed by atoms with Crippen molar-refractivity contribution < 1.29 is 34.0 Å². The molecule has 0 radical (unpaired) electrons. The number of hydrogen-bond acceptors (Lipinski definition) is 6. The maximum absolute atomic E-state index is 13.6. The number of carboxylic acids is 1. The molecular weight excluding hydrogens is 448 g/mol. The summed E-state index contributed by atoms with van der Waals surface area (Å²) in [4.78, 5) is 25.0. The highest BCUT2D eigenvalue weighted by molar-refractivity contribution is 6.04. The highest BCUT2D eigenvalue weighted by Gasteiger charge is 2.91. The van der Waals surface area contributed by atoms with Crippen molar-refractivity contribution >= 4 is 11.8 Å². The van der Waals surface area contributed by atoms with Gasteiger partial charge in [-0.15, -0.1) is 0 Å². The van der Waals surface area contributed by atoms with Crippen LogP contribution in [0.1, 0.15) is 53.4 Å². The number of aliphatic carboxylic acids is 1. The van der Waals surface area contributed by atoms with Gasteiger partial charge in [0.25, 0.3) is 0 Å². The Labute approximate surface area is 205 Å². The van der Waals surface area contributed by atoms with E-state index in [9.17, 15) is 19.8 Å². The predicted octanol–water partition coefficient (Wildman–Crippen LogP) is 2.91. The molecule has 0 unspecified atom stereocenters. The molecule has 4 aliphatic carbocycles. The Hall–Kier alpha value is -1.54. The fourth-order valence-corrected chi connectivity index (χ4v) is 9.48. The summed E-state index contributed by atoms with van der Waals surface area (Å²) in [5.74, 6) is -0.186. The third kappa shape index (κ3) is 2.34. The van der Waals surface area contributed by atoms with E-state index in [1.165, 1.54) is 0 Å². The van der Waals surface area contributed by atoms with Crippen LogP contribution in [0.5, 0.6) is 0 Å². The van der Waals surface area contributed by atoms with Crippen molar-refractivity contribution in [3.05, 3.63) is 23.8 Å². The van der Waals surface area contributed by atoms with Crippen LogP contribution in [0.3, 0.4) is 0 Å². The van der Waals surface area contributed by atoms with E-state index in [1.807, 2.05) is 13.0 Å². The minimum atomic E-state index is -1.02. The van der Waals surface area contributed by atoms with E-state index in [0.717, 1.165) is 31.3 Å². The number of ether oxygens (including phenoxy) is 3. The average molecular weight is 485 g/mol. The third-order valence-electron chi connectivity index (χ3n) is 11.8. The van der Waals surface area contributed by atoms with Gasteiger partial charge in [-0.05, 0) is 61.0 Å². The van der Waals surface area contributed by atoms with Crippen molar-refractivity contribution in [3.8, 4) is 0 Å². The van der Waals surface area contributed by atoms with Crippen molar-refractivity contribution in [1.29, 1.82) is 0 Å². The molecule has 3 spiro atoms. The molecule has 35 heavy (non-hydrogen) atoms. The lowest BCUT2D eigenvalue weighted by Crippen LogP contribution is -2.74. The second kappa shape index (κ2) is 6.66. The van der Waals surface area contributed by atoms with Crippen molar-refractivity contribution in [3.63, 3.8) is 0 Å². The molecule has 4 heterocycles. The van der Waals surface area contributed by atoms with Gasteiger partial charge in [-0.25, -0.2) is 0 Å². The van der Waals surface area contributed by atoms with Gasteiger partial charge in [0, 0.05) is 5.41 Å². The molecule has 0 amide bonds. The van der Waals surface area contributed by atoms with E-state index in [-0.39, 0.29) is 29.3 Å². The first-order valence-corrected chi connectivity index (χ1v) is 13.4. The summed E-state index contributed by atoms with van der Waals surface area (Å²) in [5, 5.41) is 20.0. The molecule has 8 rings (SSSR count). The number of carbonyl (C=O) groups excluding carboxylic acids is 1. The molecular formula is C28H36O7. The quantitative estimate of drug-likeness (QED) is 0.456. The molecule has 4 aliphatic heterocycles. The number of allylic oxidation sites excluding steroid dienone is 2. The number of ketones is 1. The molecule has 4 saturated heterocycles. The molecule has 8 aliphatic rings. The molecule has 7 fully saturated rings. The zero-order valence-corrected chi connectivity index (χ0v) is 20.9. The molecule has 0 aromatic carbocycles. The van der Waals surface area contributed by atoms with E-state index in [2.05, 4.69) is 26.0 Å². The van der Waals surface area contributed by atoms with Gasteiger partial charge in [0.2, 0.25) is 0 Å². The maximum atomic E-state index is 13.6. The monoisotopic (exact) mass is 484 g/mol. The van der Waals surface area contributed by atoms with E-state index >= 15 is 0 Å². The van der Waals surface area contributed by atoms with Gasteiger partial charge in [0.1, 0.15) is 23.9 Å². The van der Waals surface area contributed by atoms with Crippen molar-refractivity contribution in [2.24, 2.45) is 40.4 Å². The maximum Gasteiger partial charge on any atom is 0.306 e. The van der Waals surface area contributed by atoms with Crippen LogP contribution in [0.2, 0.25) is 0 Å². The third-order valence-corrected chi connectivity index (χ3v) is 11.8. The first-order chi connectivity index (χ1) is 16.5. The van der Waals surface area contributed by atoms with Gasteiger partial charge < -0.3 is 24.4 Å². The van der Waals surface area contributed by atoms with Crippen LogP contribution in [-0.4, -0.2) is 64.2 Å². The summed E-state index contributed by atoms with van der Waals surface area (Å²) in [5.41, 5.74) is -1.05. The minimum absolute atomic E-state index is 0.00192. The predicted molar refractivity (Wildman–Crippen MR) is 124 cm³/mol. The standard InChI is InChI=1S/C28H36O7/c1-13(15(3)24(31)32)5-6-14(2)16-7-8-17-18-11-19(29)28-22(35-28)20(30)21-23(34-21)25(28,4)27(18)10-9-26(16,17)12-33-27/h5-6,11,13-17,20-23,30H,7-10,12H2,1-4H3,(H,31,32)/b6-5+/t13-,14+,15-,16+,17-,20+,21-,22+,23-,25+,26-,27-,28+/m0/s1. The summed E-state index contributed by atoms with van der Waals surface area (Å²) in [6.07, 6.45) is 8.41. The van der Waals surface area contributed by atoms with Crippen LogP contribution >= 0.6 is 0 Å². The Bertz CT molecular complexity index is 1070. The van der Waals surface area contributed by atoms with Gasteiger partial charge in [-0.1, -0.05) is 39.8 Å². The minimum Gasteiger partial charge on any atom is -0.481 e. The summed E-state index contributed by atoms with van der Waals surface area (Å²) in [6, 6.07) is 0. The second-order valence-electron chi connectivity index (χ2n) is 12.8. The average Bonchev–Trinajstić information content (AvgIpc) is 3.75. The van der Waals surface area contributed by atoms with E-state index in [0.29, 0.717) is 24.4 Å². The van der Waals surface area contributed by atoms with Gasteiger partial charge in [-0.3, -0.25) is 9.59 Å². The van der Waals surface area contributed by atoms with Gasteiger partial charge in [0.05, 0.1) is 24.0 Å². The van der Waals surface area contributed by atoms with Crippen LogP contribution < -0.4 is 0 Å². The molecule has 7 nitrogen and oxygen atoms in total. The highest BCUT2D eigenvalue weighted by Crippen LogP contribution is 2.78. The Kier molecular flexibility index (Phi) is 4.31. The molecule has 2 N–H and O–H groups in total. The zero-order valence-electron chi connectivity index (χ0n) is 20.9. The number of aliphatic hydroxyl groups is 1. The molecule has 2 bridgehead atoms. The summed E-state index contributed by atoms with van der Waals surface area (Å²) in [6.45, 7) is 8.76. The zero-order chi connectivity index (χ0) is 24.7. The fourth-order valence-electron chi connectivity index (χ4n) is 9.48. The van der Waals surface area contributed by atoms with Gasteiger partial charge in [0.15, 0.2) is 11.4 Å². The number of fused-ring (bicyclic) bond motifs is 4. The molecule has 190 valence electrons. The van der Waals surface area contributed by atoms with Crippen LogP contribution in [0.25, 0.3) is 0 Å². The van der Waals surface area contributed by atoms with Gasteiger partial charge >= 0.3 is 5.97 Å². The molecule has 13 atom stereocenters. The highest BCUT2D eigenvalue weighted by atomic mass is 16.7. The van der Waals surface area contributed by atoms with Crippen LogP contribution in [0.4, 0.5) is 0 Å². The lowest BCUT2D eigenvalue weighted by molar-refractivity contribution is -0.245. The van der Waals surface area contributed by atoms with Crippen LogP contribution in [-0.2, 0) is 23.8 Å². The summed E-state index contributed by atoms with van der Waals surface area (Å²) in [7, 11) is 0. The number of epoxide rings is 2. The van der Waals surface area contributed by atoms with Crippen LogP contribution in [0, 0.1) is 40.4 Å². The Balaban J connectivity index is 1.22. The molecule has 0 aromatic rings. The number of carboxylic acid groups (broad SMARTS) is 1. The molecule has 7 heteroatoms. The first kappa shape index (κ1) is 22.6. The first-order valence-electron chi connectivity index (χ1n) is 13.4. The number of aliphatic hydroxyl groups excluding tert-OH is 1. The second-order valence-corrected chi connectivity index (χ2v) is 12.8. The Morgan fingerprint density at radius 1 is 1.17 bits per heavy atom. The Morgan fingerprint density at radius 2 is 1.94 bits per heavy atom. The molecule has 0 aromatic heterocycles. The Morgan fingerprint density at radius 3 is 2.63 bits per heavy atom. The van der Waals surface area contributed by atoms with Crippen LogP contribution in [0.15, 0.2) is 23.8 Å². The summed E-state index contributed by atoms with van der Waals surface area (Å²) >= 11 is 0. The van der Waals surface area contributed by atoms with E-state index in [1.54, 1.807) is 6.92 Å². The van der Waals surface area contributed by atoms with Crippen molar-refractivity contribution in [1.82, 2.24) is 0 Å². The van der Waals surface area contributed by atoms with Crippen molar-refractivity contribution in [2.75, 3.05) is 6.61 Å². The normalized spacial score (nSPS) is 55.1. The lowest BCUT2D eigenvalue weighted by atomic mass is 9.43. The SMILES string of the molecule is C[C@H](/C=C/[C@H](C)[C@H](C)C(=O)O)[C@H]1CC[C@H]2C3=CC(=O)[C@@]45O[C@@H]4[C@H](O)[C@@H]4O[C@@H]4[C@]5(C)[C@]34CC[C@]12CO4. The van der Waals surface area contributed by atoms with Crippen molar-refractivity contribution in [2.45, 2.75) is 89.0 Å². The smallest absolute Gasteiger partial charge is 0.306 e. The lowest BCUT2D eigenvalue weighted by Gasteiger charge is -2.66. The van der Waals surface area contributed by atoms with E-state index < -0.39 is 40.7 Å². The largest absolute Gasteiger partial charge is 0.481 e. The molecule has 3 saturated carbocycles. The number of carbonyl (C=O) groups is 2. The summed E-state index contributed by atoms with van der Waals surface area (Å²) < 4.78 is 19.0. The number of rotatable bonds is 5.